The maximum Gasteiger partial charge on any atom is 0.238 e. The van der Waals surface area contributed by atoms with Crippen LogP contribution in [0.3, 0.4) is 0 Å². The summed E-state index contributed by atoms with van der Waals surface area (Å²) >= 11 is 0. The largest absolute Gasteiger partial charge is 0.352 e. The highest BCUT2D eigenvalue weighted by molar-refractivity contribution is 7.89. The zero-order valence-corrected chi connectivity index (χ0v) is 10.5. The van der Waals surface area contributed by atoms with Crippen molar-refractivity contribution in [1.29, 1.82) is 0 Å². The van der Waals surface area contributed by atoms with E-state index >= 15 is 0 Å². The molecule has 0 saturated carbocycles. The molecule has 5 nitrogen and oxygen atoms in total. The van der Waals surface area contributed by atoms with Gasteiger partial charge < -0.3 is 5.32 Å². The van der Waals surface area contributed by atoms with Gasteiger partial charge in [0, 0.05) is 13.0 Å². The molecular formula is C11H16N2O3S. The van der Waals surface area contributed by atoms with Crippen LogP contribution in [-0.4, -0.2) is 14.3 Å². The van der Waals surface area contributed by atoms with Crippen molar-refractivity contribution in [2.45, 2.75) is 31.2 Å². The molecule has 0 aromatic heterocycles. The summed E-state index contributed by atoms with van der Waals surface area (Å²) in [6.45, 7) is 2.32. The number of nitrogens with one attached hydrogen (secondary N) is 1. The predicted molar refractivity (Wildman–Crippen MR) is 64.6 cm³/mol. The lowest BCUT2D eigenvalue weighted by Gasteiger charge is -2.05. The van der Waals surface area contributed by atoms with Gasteiger partial charge >= 0.3 is 0 Å². The van der Waals surface area contributed by atoms with E-state index in [0.29, 0.717) is 13.0 Å². The molecule has 0 aliphatic rings. The van der Waals surface area contributed by atoms with Crippen LogP contribution in [0.1, 0.15) is 25.3 Å². The summed E-state index contributed by atoms with van der Waals surface area (Å²) in [7, 11) is -3.65. The maximum absolute atomic E-state index is 11.2. The first-order valence-corrected chi connectivity index (χ1v) is 6.86. The van der Waals surface area contributed by atoms with Gasteiger partial charge in [-0.3, -0.25) is 4.79 Å². The third kappa shape index (κ3) is 4.54. The summed E-state index contributed by atoms with van der Waals surface area (Å²) in [5, 5.41) is 7.71. The Hall–Kier alpha value is -1.40. The van der Waals surface area contributed by atoms with Crippen LogP contribution in [0.4, 0.5) is 0 Å². The average Bonchev–Trinajstić information content (AvgIpc) is 2.26. The lowest BCUT2D eigenvalue weighted by atomic mass is 10.2. The third-order valence-electron chi connectivity index (χ3n) is 2.22. The highest BCUT2D eigenvalue weighted by atomic mass is 32.2. The number of carbonyl (C=O) groups is 1. The van der Waals surface area contributed by atoms with Gasteiger partial charge in [0.2, 0.25) is 15.9 Å². The fourth-order valence-corrected chi connectivity index (χ4v) is 1.83. The van der Waals surface area contributed by atoms with E-state index in [0.717, 1.165) is 12.0 Å². The SMILES string of the molecule is CCCC(=O)NCc1ccc(S(N)(=O)=O)cc1. The van der Waals surface area contributed by atoms with Gasteiger partial charge in [0.25, 0.3) is 0 Å². The molecule has 0 aliphatic carbocycles. The lowest BCUT2D eigenvalue weighted by Crippen LogP contribution is -2.22. The highest BCUT2D eigenvalue weighted by Gasteiger charge is 2.06. The van der Waals surface area contributed by atoms with Gasteiger partial charge in [-0.05, 0) is 24.1 Å². The van der Waals surface area contributed by atoms with Crippen LogP contribution in [0.2, 0.25) is 0 Å². The van der Waals surface area contributed by atoms with Crippen molar-refractivity contribution < 1.29 is 13.2 Å². The van der Waals surface area contributed by atoms with Gasteiger partial charge in [0.1, 0.15) is 0 Å². The third-order valence-corrected chi connectivity index (χ3v) is 3.15. The molecule has 1 amide bonds. The number of hydrogen-bond acceptors (Lipinski definition) is 3. The Labute approximate surface area is 101 Å². The molecule has 1 aromatic carbocycles. The first kappa shape index (κ1) is 13.7. The molecule has 0 aliphatic heterocycles. The summed E-state index contributed by atoms with van der Waals surface area (Å²) in [6.07, 6.45) is 1.30. The van der Waals surface area contributed by atoms with E-state index in [-0.39, 0.29) is 10.8 Å². The number of sulfonamides is 1. The van der Waals surface area contributed by atoms with Crippen molar-refractivity contribution in [3.05, 3.63) is 29.8 Å². The van der Waals surface area contributed by atoms with Crippen molar-refractivity contribution in [3.8, 4) is 0 Å². The topological polar surface area (TPSA) is 89.3 Å². The van der Waals surface area contributed by atoms with Crippen LogP contribution in [0.15, 0.2) is 29.2 Å². The van der Waals surface area contributed by atoms with E-state index in [4.69, 9.17) is 5.14 Å². The molecule has 0 heterocycles. The molecule has 0 fully saturated rings. The molecule has 3 N–H and O–H groups in total. The Morgan fingerprint density at radius 2 is 1.88 bits per heavy atom. The molecule has 94 valence electrons. The molecule has 0 spiro atoms. The van der Waals surface area contributed by atoms with Crippen LogP contribution in [0.25, 0.3) is 0 Å². The van der Waals surface area contributed by atoms with Gasteiger partial charge in [0.15, 0.2) is 0 Å². The van der Waals surface area contributed by atoms with E-state index in [9.17, 15) is 13.2 Å². The predicted octanol–water partition coefficient (Wildman–Crippen LogP) is 0.750. The van der Waals surface area contributed by atoms with Crippen LogP contribution < -0.4 is 10.5 Å². The van der Waals surface area contributed by atoms with Crippen molar-refractivity contribution in [2.24, 2.45) is 5.14 Å². The van der Waals surface area contributed by atoms with Crippen LogP contribution in [0, 0.1) is 0 Å². The number of hydrogen-bond donors (Lipinski definition) is 2. The standard InChI is InChI=1S/C11H16N2O3S/c1-2-3-11(14)13-8-9-4-6-10(7-5-9)17(12,15)16/h4-7H,2-3,8H2,1H3,(H,13,14)(H2,12,15,16). The van der Waals surface area contributed by atoms with Crippen molar-refractivity contribution in [1.82, 2.24) is 5.32 Å². The summed E-state index contributed by atoms with van der Waals surface area (Å²) in [6, 6.07) is 6.12. The van der Waals surface area contributed by atoms with E-state index in [2.05, 4.69) is 5.32 Å². The van der Waals surface area contributed by atoms with Gasteiger partial charge in [-0.2, -0.15) is 0 Å². The van der Waals surface area contributed by atoms with Gasteiger partial charge in [-0.1, -0.05) is 19.1 Å². The van der Waals surface area contributed by atoms with Gasteiger partial charge in [-0.15, -0.1) is 0 Å². The fourth-order valence-electron chi connectivity index (χ4n) is 1.31. The van der Waals surface area contributed by atoms with Crippen LogP contribution in [0.5, 0.6) is 0 Å². The number of nitrogens with two attached hydrogens (primary N) is 1. The van der Waals surface area contributed by atoms with Crippen molar-refractivity contribution >= 4 is 15.9 Å². The van der Waals surface area contributed by atoms with E-state index in [1.807, 2.05) is 6.92 Å². The zero-order chi connectivity index (χ0) is 12.9. The molecule has 0 atom stereocenters. The first-order chi connectivity index (χ1) is 7.93. The highest BCUT2D eigenvalue weighted by Crippen LogP contribution is 2.08. The number of benzene rings is 1. The van der Waals surface area contributed by atoms with E-state index in [1.54, 1.807) is 12.1 Å². The average molecular weight is 256 g/mol. The second kappa shape index (κ2) is 5.79. The van der Waals surface area contributed by atoms with Crippen molar-refractivity contribution in [3.63, 3.8) is 0 Å². The Balaban J connectivity index is 2.60. The van der Waals surface area contributed by atoms with Gasteiger partial charge in [0.05, 0.1) is 4.90 Å². The Bertz CT molecular complexity index is 480. The minimum Gasteiger partial charge on any atom is -0.352 e. The zero-order valence-electron chi connectivity index (χ0n) is 9.64. The second-order valence-corrected chi connectivity index (χ2v) is 5.28. The monoisotopic (exact) mass is 256 g/mol. The Morgan fingerprint density at radius 1 is 1.29 bits per heavy atom. The molecule has 1 rings (SSSR count). The minimum absolute atomic E-state index is 0.0111. The molecule has 6 heteroatoms. The smallest absolute Gasteiger partial charge is 0.238 e. The maximum atomic E-state index is 11.2. The molecule has 0 saturated heterocycles. The first-order valence-electron chi connectivity index (χ1n) is 5.32. The van der Waals surface area contributed by atoms with Crippen LogP contribution >= 0.6 is 0 Å². The number of carbonyl (C=O) groups excluding carboxylic acids is 1. The van der Waals surface area contributed by atoms with E-state index < -0.39 is 10.0 Å². The molecule has 0 unspecified atom stereocenters. The quantitative estimate of drug-likeness (QED) is 0.814. The van der Waals surface area contributed by atoms with Gasteiger partial charge in [-0.25, -0.2) is 13.6 Å². The van der Waals surface area contributed by atoms with E-state index in [1.165, 1.54) is 12.1 Å². The summed E-state index contributed by atoms with van der Waals surface area (Å²) < 4.78 is 22.0. The van der Waals surface area contributed by atoms with Crippen molar-refractivity contribution in [2.75, 3.05) is 0 Å². The fraction of sp³-hybridized carbons (Fsp3) is 0.364. The Kier molecular flexibility index (Phi) is 4.65. The molecule has 0 bridgehead atoms. The number of rotatable bonds is 5. The normalized spacial score (nSPS) is 11.2. The lowest BCUT2D eigenvalue weighted by molar-refractivity contribution is -0.121. The molecular weight excluding hydrogens is 240 g/mol. The molecule has 0 radical (unpaired) electrons. The molecule has 1 aromatic rings. The summed E-state index contributed by atoms with van der Waals surface area (Å²) in [4.78, 5) is 11.3. The number of primary sulfonamides is 1. The summed E-state index contributed by atoms with van der Waals surface area (Å²) in [5.74, 6) is -0.0111. The van der Waals surface area contributed by atoms with Crippen LogP contribution in [-0.2, 0) is 21.4 Å². The Morgan fingerprint density at radius 3 is 2.35 bits per heavy atom. The minimum atomic E-state index is -3.65. The second-order valence-electron chi connectivity index (χ2n) is 3.72. The summed E-state index contributed by atoms with van der Waals surface area (Å²) in [5.41, 5.74) is 0.835. The molecule has 17 heavy (non-hydrogen) atoms. The number of amides is 1.